The summed E-state index contributed by atoms with van der Waals surface area (Å²) in [7, 11) is 2.12. The molecule has 0 unspecified atom stereocenters. The Balaban J connectivity index is 2.25. The summed E-state index contributed by atoms with van der Waals surface area (Å²) in [4.78, 5) is 6.69. The molecule has 1 rings (SSSR count). The number of nitrogens with zero attached hydrogens (tertiary/aromatic N) is 2. The minimum atomic E-state index is 1.11. The zero-order chi connectivity index (χ0) is 10.4. The van der Waals surface area contributed by atoms with Gasteiger partial charge in [0.15, 0.2) is 5.13 Å². The summed E-state index contributed by atoms with van der Waals surface area (Å²) in [6, 6.07) is 0. The number of aryl methyl sites for hydroxylation is 1. The van der Waals surface area contributed by atoms with Crippen molar-refractivity contribution in [2.24, 2.45) is 0 Å². The van der Waals surface area contributed by atoms with Crippen LogP contribution >= 0.6 is 27.3 Å². The Morgan fingerprint density at radius 2 is 2.21 bits per heavy atom. The summed E-state index contributed by atoms with van der Waals surface area (Å²) in [5, 5.41) is 4.36. The topological polar surface area (TPSA) is 16.1 Å². The van der Waals surface area contributed by atoms with Gasteiger partial charge in [-0.2, -0.15) is 0 Å². The minimum absolute atomic E-state index is 1.11. The SMILES string of the molecule is Cc1csc(N(C)CCCCCBr)n1. The first-order valence-corrected chi connectivity index (χ1v) is 6.93. The molecule has 0 N–H and O–H groups in total. The molecule has 0 atom stereocenters. The van der Waals surface area contributed by atoms with E-state index < -0.39 is 0 Å². The van der Waals surface area contributed by atoms with Crippen molar-refractivity contribution < 1.29 is 0 Å². The second-order valence-electron chi connectivity index (χ2n) is 3.44. The summed E-state index contributed by atoms with van der Waals surface area (Å²) < 4.78 is 0. The normalized spacial score (nSPS) is 10.5. The first kappa shape index (κ1) is 12.0. The van der Waals surface area contributed by atoms with Crippen LogP contribution in [0.4, 0.5) is 5.13 Å². The second kappa shape index (κ2) is 6.40. The van der Waals surface area contributed by atoms with Crippen LogP contribution in [-0.4, -0.2) is 23.9 Å². The van der Waals surface area contributed by atoms with Crippen LogP contribution in [0.2, 0.25) is 0 Å². The fourth-order valence-corrected chi connectivity index (χ4v) is 2.43. The molecule has 0 aliphatic carbocycles. The van der Waals surface area contributed by atoms with Crippen molar-refractivity contribution in [3.63, 3.8) is 0 Å². The van der Waals surface area contributed by atoms with E-state index in [9.17, 15) is 0 Å². The number of aromatic nitrogens is 1. The predicted octanol–water partition coefficient (Wildman–Crippen LogP) is 3.45. The molecular weight excluding hydrogens is 260 g/mol. The molecule has 0 bridgehead atoms. The maximum absolute atomic E-state index is 4.44. The van der Waals surface area contributed by atoms with Crippen LogP contribution < -0.4 is 4.90 Å². The van der Waals surface area contributed by atoms with Gasteiger partial charge in [0, 0.05) is 24.3 Å². The molecule has 0 aliphatic rings. The van der Waals surface area contributed by atoms with Crippen LogP contribution in [0.5, 0.6) is 0 Å². The standard InChI is InChI=1S/C10H17BrN2S/c1-9-8-14-10(12-9)13(2)7-5-3-4-6-11/h8H,3-7H2,1-2H3. The molecule has 0 aromatic carbocycles. The fourth-order valence-electron chi connectivity index (χ4n) is 1.23. The molecule has 0 saturated carbocycles. The van der Waals surface area contributed by atoms with E-state index in [2.05, 4.69) is 38.2 Å². The predicted molar refractivity (Wildman–Crippen MR) is 67.8 cm³/mol. The molecule has 4 heteroatoms. The van der Waals surface area contributed by atoms with Gasteiger partial charge in [-0.3, -0.25) is 0 Å². The third-order valence-corrected chi connectivity index (χ3v) is 3.69. The maximum Gasteiger partial charge on any atom is 0.185 e. The molecule has 0 fully saturated rings. The maximum atomic E-state index is 4.44. The van der Waals surface area contributed by atoms with E-state index in [4.69, 9.17) is 0 Å². The number of thiazole rings is 1. The van der Waals surface area contributed by atoms with Crippen LogP contribution in [0.25, 0.3) is 0 Å². The van der Waals surface area contributed by atoms with Crippen molar-refractivity contribution in [3.05, 3.63) is 11.1 Å². The van der Waals surface area contributed by atoms with Crippen molar-refractivity contribution in [2.75, 3.05) is 23.8 Å². The third-order valence-electron chi connectivity index (χ3n) is 2.06. The lowest BCUT2D eigenvalue weighted by atomic mass is 10.2. The lowest BCUT2D eigenvalue weighted by Gasteiger charge is -2.14. The molecule has 1 aromatic rings. The van der Waals surface area contributed by atoms with Crippen LogP contribution in [-0.2, 0) is 0 Å². The van der Waals surface area contributed by atoms with Crippen molar-refractivity contribution in [1.82, 2.24) is 4.98 Å². The van der Waals surface area contributed by atoms with Crippen LogP contribution in [0.15, 0.2) is 5.38 Å². The van der Waals surface area contributed by atoms with Crippen LogP contribution in [0.1, 0.15) is 25.0 Å². The first-order chi connectivity index (χ1) is 6.74. The molecule has 0 amide bonds. The van der Waals surface area contributed by atoms with E-state index >= 15 is 0 Å². The number of anilines is 1. The molecular formula is C10H17BrN2S. The number of hydrogen-bond acceptors (Lipinski definition) is 3. The van der Waals surface area contributed by atoms with Gasteiger partial charge in [0.2, 0.25) is 0 Å². The molecule has 2 nitrogen and oxygen atoms in total. The lowest BCUT2D eigenvalue weighted by molar-refractivity contribution is 0.709. The third kappa shape index (κ3) is 3.96. The second-order valence-corrected chi connectivity index (χ2v) is 5.07. The Kier molecular flexibility index (Phi) is 5.48. The Morgan fingerprint density at radius 3 is 2.79 bits per heavy atom. The summed E-state index contributed by atoms with van der Waals surface area (Å²) in [6.07, 6.45) is 3.81. The minimum Gasteiger partial charge on any atom is -0.351 e. The number of alkyl halides is 1. The zero-order valence-electron chi connectivity index (χ0n) is 8.79. The number of hydrogen-bond donors (Lipinski definition) is 0. The van der Waals surface area contributed by atoms with Crippen molar-refractivity contribution in [1.29, 1.82) is 0 Å². The van der Waals surface area contributed by atoms with Gasteiger partial charge in [-0.05, 0) is 19.8 Å². The summed E-state index contributed by atoms with van der Waals surface area (Å²) >= 11 is 5.17. The van der Waals surface area contributed by atoms with E-state index in [1.54, 1.807) is 11.3 Å². The van der Waals surface area contributed by atoms with Gasteiger partial charge < -0.3 is 4.90 Å². The van der Waals surface area contributed by atoms with E-state index in [0.717, 1.165) is 22.7 Å². The van der Waals surface area contributed by atoms with E-state index in [1.807, 2.05) is 6.92 Å². The van der Waals surface area contributed by atoms with Crippen LogP contribution in [0.3, 0.4) is 0 Å². The summed E-state index contributed by atoms with van der Waals surface area (Å²) in [6.45, 7) is 3.15. The highest BCUT2D eigenvalue weighted by molar-refractivity contribution is 9.09. The van der Waals surface area contributed by atoms with E-state index in [1.165, 1.54) is 19.3 Å². The van der Waals surface area contributed by atoms with Gasteiger partial charge in [0.1, 0.15) is 0 Å². The highest BCUT2D eigenvalue weighted by Crippen LogP contribution is 2.18. The molecule has 0 radical (unpaired) electrons. The number of unbranched alkanes of at least 4 members (excludes halogenated alkanes) is 2. The van der Waals surface area contributed by atoms with E-state index in [0.29, 0.717) is 0 Å². The molecule has 80 valence electrons. The molecule has 14 heavy (non-hydrogen) atoms. The highest BCUT2D eigenvalue weighted by Gasteiger charge is 2.03. The first-order valence-electron chi connectivity index (χ1n) is 4.93. The quantitative estimate of drug-likeness (QED) is 0.585. The van der Waals surface area contributed by atoms with Gasteiger partial charge in [-0.1, -0.05) is 22.4 Å². The van der Waals surface area contributed by atoms with Gasteiger partial charge in [0.05, 0.1) is 5.69 Å². The van der Waals surface area contributed by atoms with Gasteiger partial charge in [-0.15, -0.1) is 11.3 Å². The Bertz CT molecular complexity index is 262. The van der Waals surface area contributed by atoms with Gasteiger partial charge >= 0.3 is 0 Å². The summed E-state index contributed by atoms with van der Waals surface area (Å²) in [5.74, 6) is 0. The molecule has 0 aliphatic heterocycles. The van der Waals surface area contributed by atoms with Gasteiger partial charge in [-0.25, -0.2) is 4.98 Å². The monoisotopic (exact) mass is 276 g/mol. The Labute approximate surface area is 98.5 Å². The Morgan fingerprint density at radius 1 is 1.43 bits per heavy atom. The molecule has 0 saturated heterocycles. The summed E-state index contributed by atoms with van der Waals surface area (Å²) in [5.41, 5.74) is 1.12. The Hall–Kier alpha value is -0.0900. The molecule has 1 heterocycles. The number of rotatable bonds is 6. The van der Waals surface area contributed by atoms with Crippen molar-refractivity contribution >= 4 is 32.4 Å². The van der Waals surface area contributed by atoms with Crippen molar-refractivity contribution in [3.8, 4) is 0 Å². The zero-order valence-corrected chi connectivity index (χ0v) is 11.2. The average Bonchev–Trinajstić information content (AvgIpc) is 2.59. The van der Waals surface area contributed by atoms with Crippen LogP contribution in [0, 0.1) is 6.92 Å². The lowest BCUT2D eigenvalue weighted by Crippen LogP contribution is -2.18. The largest absolute Gasteiger partial charge is 0.351 e. The molecule has 0 spiro atoms. The van der Waals surface area contributed by atoms with Gasteiger partial charge in [0.25, 0.3) is 0 Å². The van der Waals surface area contributed by atoms with E-state index in [-0.39, 0.29) is 0 Å². The smallest absolute Gasteiger partial charge is 0.185 e. The highest BCUT2D eigenvalue weighted by atomic mass is 79.9. The van der Waals surface area contributed by atoms with Crippen molar-refractivity contribution in [2.45, 2.75) is 26.2 Å². The average molecular weight is 277 g/mol. The fraction of sp³-hybridized carbons (Fsp3) is 0.700. The molecule has 1 aromatic heterocycles. The number of halogens is 1.